The maximum absolute atomic E-state index is 11.9. The summed E-state index contributed by atoms with van der Waals surface area (Å²) in [6.45, 7) is 0. The fourth-order valence-electron chi connectivity index (χ4n) is 3.59. The number of hydrogen-bond donors (Lipinski definition) is 1. The standard InChI is InChI=1S/C20H21N5O2S/c26-25(27)18-19(24-15-9-3-1-2-4-10-15)22-13-23-20(18)28-16-11-5-7-14-8-6-12-21-17(14)16/h5-8,11-13,15H,1-4,9-10H2,(H,22,23,24). The maximum Gasteiger partial charge on any atom is 0.343 e. The Balaban J connectivity index is 1.68. The number of aromatic nitrogens is 3. The molecule has 8 heteroatoms. The molecule has 7 nitrogen and oxygen atoms in total. The number of pyridine rings is 1. The minimum absolute atomic E-state index is 0.0651. The molecule has 1 N–H and O–H groups in total. The molecule has 144 valence electrons. The van der Waals surface area contributed by atoms with E-state index in [1.54, 1.807) is 6.20 Å². The van der Waals surface area contributed by atoms with E-state index in [1.807, 2.05) is 30.3 Å². The predicted molar refractivity (Wildman–Crippen MR) is 110 cm³/mol. The highest BCUT2D eigenvalue weighted by atomic mass is 32.2. The van der Waals surface area contributed by atoms with Crippen LogP contribution in [-0.2, 0) is 0 Å². The second-order valence-corrected chi connectivity index (χ2v) is 7.93. The van der Waals surface area contributed by atoms with Crippen LogP contribution < -0.4 is 5.32 Å². The molecule has 2 heterocycles. The van der Waals surface area contributed by atoms with Gasteiger partial charge in [0.1, 0.15) is 6.33 Å². The lowest BCUT2D eigenvalue weighted by Gasteiger charge is -2.17. The van der Waals surface area contributed by atoms with Crippen molar-refractivity contribution in [3.8, 4) is 0 Å². The van der Waals surface area contributed by atoms with Gasteiger partial charge in [0.25, 0.3) is 0 Å². The molecular formula is C20H21N5O2S. The first kappa shape index (κ1) is 18.6. The highest BCUT2D eigenvalue weighted by Gasteiger charge is 2.26. The molecule has 1 aromatic carbocycles. The molecule has 4 rings (SSSR count). The Morgan fingerprint density at radius 3 is 2.61 bits per heavy atom. The van der Waals surface area contributed by atoms with Gasteiger partial charge in [-0.15, -0.1) is 0 Å². The Morgan fingerprint density at radius 1 is 1.04 bits per heavy atom. The van der Waals surface area contributed by atoms with Gasteiger partial charge >= 0.3 is 5.69 Å². The number of nitro groups is 1. The van der Waals surface area contributed by atoms with E-state index in [2.05, 4.69) is 20.3 Å². The summed E-state index contributed by atoms with van der Waals surface area (Å²) in [5, 5.41) is 16.5. The van der Waals surface area contributed by atoms with Gasteiger partial charge in [-0.05, 0) is 25.0 Å². The lowest BCUT2D eigenvalue weighted by atomic mass is 10.1. The van der Waals surface area contributed by atoms with E-state index in [0.717, 1.165) is 41.5 Å². The molecule has 1 saturated carbocycles. The third-order valence-electron chi connectivity index (χ3n) is 4.97. The van der Waals surface area contributed by atoms with Crippen molar-refractivity contribution in [3.63, 3.8) is 0 Å². The van der Waals surface area contributed by atoms with Crippen LogP contribution in [0.3, 0.4) is 0 Å². The minimum atomic E-state index is -0.389. The van der Waals surface area contributed by atoms with Gasteiger partial charge in [-0.1, -0.05) is 55.6 Å². The van der Waals surface area contributed by atoms with E-state index in [-0.39, 0.29) is 16.7 Å². The Bertz CT molecular complexity index is 984. The van der Waals surface area contributed by atoms with Crippen LogP contribution in [0, 0.1) is 10.1 Å². The zero-order valence-corrected chi connectivity index (χ0v) is 16.2. The number of rotatable bonds is 5. The molecule has 1 fully saturated rings. The summed E-state index contributed by atoms with van der Waals surface area (Å²) < 4.78 is 0. The summed E-state index contributed by atoms with van der Waals surface area (Å²) in [5.41, 5.74) is 0.742. The monoisotopic (exact) mass is 395 g/mol. The van der Waals surface area contributed by atoms with Crippen LogP contribution in [0.5, 0.6) is 0 Å². The lowest BCUT2D eigenvalue weighted by molar-refractivity contribution is -0.387. The summed E-state index contributed by atoms with van der Waals surface area (Å²) >= 11 is 1.26. The van der Waals surface area contributed by atoms with Crippen LogP contribution in [0.1, 0.15) is 38.5 Å². The van der Waals surface area contributed by atoms with Gasteiger partial charge in [0.2, 0.25) is 5.82 Å². The normalized spacial score (nSPS) is 15.3. The number of fused-ring (bicyclic) bond motifs is 1. The van der Waals surface area contributed by atoms with Crippen molar-refractivity contribution >= 4 is 34.2 Å². The van der Waals surface area contributed by atoms with Gasteiger partial charge in [0, 0.05) is 22.5 Å². The first-order chi connectivity index (χ1) is 13.7. The van der Waals surface area contributed by atoms with Crippen LogP contribution in [0.2, 0.25) is 0 Å². The average molecular weight is 395 g/mol. The van der Waals surface area contributed by atoms with Crippen molar-refractivity contribution in [2.24, 2.45) is 0 Å². The second kappa shape index (κ2) is 8.52. The molecular weight excluding hydrogens is 374 g/mol. The van der Waals surface area contributed by atoms with E-state index >= 15 is 0 Å². The van der Waals surface area contributed by atoms with E-state index in [0.29, 0.717) is 10.8 Å². The van der Waals surface area contributed by atoms with E-state index < -0.39 is 0 Å². The zero-order valence-electron chi connectivity index (χ0n) is 15.4. The molecule has 1 aliphatic carbocycles. The SMILES string of the molecule is O=[N+]([O-])c1c(NC2CCCCCC2)ncnc1Sc1cccc2cccnc12. The van der Waals surface area contributed by atoms with Gasteiger partial charge in [-0.25, -0.2) is 9.97 Å². The number of nitrogens with zero attached hydrogens (tertiary/aromatic N) is 4. The molecule has 0 bridgehead atoms. The van der Waals surface area contributed by atoms with E-state index in [9.17, 15) is 10.1 Å². The van der Waals surface area contributed by atoms with Gasteiger partial charge in [0.15, 0.2) is 5.03 Å². The summed E-state index contributed by atoms with van der Waals surface area (Å²) in [4.78, 5) is 25.1. The number of nitrogens with one attached hydrogen (secondary N) is 1. The second-order valence-electron chi connectivity index (χ2n) is 6.90. The molecule has 0 radical (unpaired) electrons. The van der Waals surface area contributed by atoms with Crippen molar-refractivity contribution in [2.75, 3.05) is 5.32 Å². The summed E-state index contributed by atoms with van der Waals surface area (Å²) in [5.74, 6) is 0.308. The number of anilines is 1. The van der Waals surface area contributed by atoms with Gasteiger partial charge < -0.3 is 5.32 Å². The van der Waals surface area contributed by atoms with E-state index in [4.69, 9.17) is 0 Å². The van der Waals surface area contributed by atoms with Gasteiger partial charge in [-0.3, -0.25) is 15.1 Å². The van der Waals surface area contributed by atoms with Crippen molar-refractivity contribution in [1.82, 2.24) is 15.0 Å². The lowest BCUT2D eigenvalue weighted by Crippen LogP contribution is -2.20. The Morgan fingerprint density at radius 2 is 1.82 bits per heavy atom. The van der Waals surface area contributed by atoms with Crippen molar-refractivity contribution in [3.05, 3.63) is 53.0 Å². The molecule has 2 aromatic heterocycles. The maximum atomic E-state index is 11.9. The van der Waals surface area contributed by atoms with Crippen molar-refractivity contribution < 1.29 is 4.92 Å². The van der Waals surface area contributed by atoms with Crippen LogP contribution >= 0.6 is 11.8 Å². The minimum Gasteiger partial charge on any atom is -0.361 e. The number of hydrogen-bond acceptors (Lipinski definition) is 7. The van der Waals surface area contributed by atoms with Crippen LogP contribution in [-0.4, -0.2) is 25.9 Å². The highest BCUT2D eigenvalue weighted by molar-refractivity contribution is 7.99. The van der Waals surface area contributed by atoms with Crippen LogP contribution in [0.4, 0.5) is 11.5 Å². The largest absolute Gasteiger partial charge is 0.361 e. The molecule has 0 aliphatic heterocycles. The Labute approximate surface area is 167 Å². The molecule has 3 aromatic rings. The Hall–Kier alpha value is -2.74. The summed E-state index contributed by atoms with van der Waals surface area (Å²) in [6, 6.07) is 9.86. The van der Waals surface area contributed by atoms with Gasteiger partial charge in [-0.2, -0.15) is 0 Å². The van der Waals surface area contributed by atoms with Crippen molar-refractivity contribution in [1.29, 1.82) is 0 Å². The molecule has 0 unspecified atom stereocenters. The van der Waals surface area contributed by atoms with E-state index in [1.165, 1.54) is 30.9 Å². The van der Waals surface area contributed by atoms with Gasteiger partial charge in [0.05, 0.1) is 10.4 Å². The third kappa shape index (κ3) is 4.06. The molecule has 0 spiro atoms. The number of para-hydroxylation sites is 1. The van der Waals surface area contributed by atoms with Crippen molar-refractivity contribution in [2.45, 2.75) is 54.5 Å². The topological polar surface area (TPSA) is 93.8 Å². The fraction of sp³-hybridized carbons (Fsp3) is 0.350. The first-order valence-corrected chi connectivity index (χ1v) is 10.3. The molecule has 28 heavy (non-hydrogen) atoms. The van der Waals surface area contributed by atoms with Crippen LogP contribution in [0.15, 0.2) is 52.8 Å². The molecule has 0 atom stereocenters. The molecule has 1 aliphatic rings. The smallest absolute Gasteiger partial charge is 0.343 e. The third-order valence-corrected chi connectivity index (χ3v) is 6.01. The number of benzene rings is 1. The first-order valence-electron chi connectivity index (χ1n) is 9.50. The van der Waals surface area contributed by atoms with Crippen LogP contribution in [0.25, 0.3) is 10.9 Å². The predicted octanol–water partition coefficient (Wildman–Crippen LogP) is 5.22. The quantitative estimate of drug-likeness (QED) is 0.274. The average Bonchev–Trinajstić information content (AvgIpc) is 2.97. The zero-order chi connectivity index (χ0) is 19.3. The summed E-state index contributed by atoms with van der Waals surface area (Å²) in [7, 11) is 0. The molecule has 0 amide bonds. The fourth-order valence-corrected chi connectivity index (χ4v) is 4.58. The Kier molecular flexibility index (Phi) is 5.66. The molecule has 0 saturated heterocycles. The summed E-state index contributed by atoms with van der Waals surface area (Å²) in [6.07, 6.45) is 9.86. The highest BCUT2D eigenvalue weighted by Crippen LogP contribution is 2.39.